The Labute approximate surface area is 168 Å². The maximum atomic E-state index is 6.04. The van der Waals surface area contributed by atoms with Crippen LogP contribution in [0.25, 0.3) is 0 Å². The van der Waals surface area contributed by atoms with Crippen LogP contribution in [0.2, 0.25) is 0 Å². The maximum Gasteiger partial charge on any atom is 0.124 e. The van der Waals surface area contributed by atoms with Crippen molar-refractivity contribution in [1.82, 2.24) is 0 Å². The molecular formula is C25H29NO2. The van der Waals surface area contributed by atoms with Gasteiger partial charge in [0, 0.05) is 24.2 Å². The van der Waals surface area contributed by atoms with Crippen LogP contribution in [0, 0.1) is 0 Å². The molecule has 0 saturated carbocycles. The molecule has 0 aromatic heterocycles. The molecule has 3 nitrogen and oxygen atoms in total. The zero-order valence-corrected chi connectivity index (χ0v) is 16.7. The van der Waals surface area contributed by atoms with Gasteiger partial charge in [-0.1, -0.05) is 55.5 Å². The van der Waals surface area contributed by atoms with Crippen LogP contribution in [-0.4, -0.2) is 12.7 Å². The Morgan fingerprint density at radius 3 is 2.32 bits per heavy atom. The van der Waals surface area contributed by atoms with Gasteiger partial charge in [-0.25, -0.2) is 0 Å². The van der Waals surface area contributed by atoms with Crippen molar-refractivity contribution in [1.29, 1.82) is 0 Å². The average Bonchev–Trinajstić information content (AvgIpc) is 2.75. The summed E-state index contributed by atoms with van der Waals surface area (Å²) in [5, 5.41) is 3.47. The fraction of sp³-hybridized carbons (Fsp3) is 0.280. The van der Waals surface area contributed by atoms with Gasteiger partial charge in [0.1, 0.15) is 11.5 Å². The molecule has 0 bridgehead atoms. The molecule has 146 valence electrons. The van der Waals surface area contributed by atoms with Crippen molar-refractivity contribution in [3.05, 3.63) is 90.0 Å². The lowest BCUT2D eigenvalue weighted by Crippen LogP contribution is -2.09. The lowest BCUT2D eigenvalue weighted by atomic mass is 10.1. The van der Waals surface area contributed by atoms with Gasteiger partial charge in [-0.2, -0.15) is 0 Å². The summed E-state index contributed by atoms with van der Waals surface area (Å²) in [4.78, 5) is 0. The van der Waals surface area contributed by atoms with E-state index in [2.05, 4.69) is 61.6 Å². The third-order valence-electron chi connectivity index (χ3n) is 4.71. The van der Waals surface area contributed by atoms with E-state index in [1.807, 2.05) is 36.4 Å². The van der Waals surface area contributed by atoms with Crippen LogP contribution in [0.1, 0.15) is 31.4 Å². The fourth-order valence-electron chi connectivity index (χ4n) is 2.88. The van der Waals surface area contributed by atoms with E-state index in [-0.39, 0.29) is 6.10 Å². The van der Waals surface area contributed by atoms with Crippen LogP contribution >= 0.6 is 0 Å². The van der Waals surface area contributed by atoms with Crippen LogP contribution in [0.5, 0.6) is 11.5 Å². The number of rotatable bonds is 10. The van der Waals surface area contributed by atoms with Crippen molar-refractivity contribution < 1.29 is 9.47 Å². The predicted molar refractivity (Wildman–Crippen MR) is 116 cm³/mol. The minimum atomic E-state index is 0.235. The zero-order chi connectivity index (χ0) is 19.6. The molecule has 0 aliphatic heterocycles. The summed E-state index contributed by atoms with van der Waals surface area (Å²) < 4.78 is 11.9. The highest BCUT2D eigenvalue weighted by molar-refractivity contribution is 5.48. The number of ether oxygens (including phenoxy) is 2. The van der Waals surface area contributed by atoms with E-state index < -0.39 is 0 Å². The Morgan fingerprint density at radius 2 is 1.57 bits per heavy atom. The standard InChI is InChI=1S/C25H29NO2/c1-3-20(2)28-24-15-13-23(14-16-24)26-19-22-11-7-8-12-25(22)27-18-17-21-9-5-4-6-10-21/h4-16,20,26H,3,17-19H2,1-2H3. The van der Waals surface area contributed by atoms with Gasteiger partial charge in [-0.15, -0.1) is 0 Å². The van der Waals surface area contributed by atoms with E-state index in [4.69, 9.17) is 9.47 Å². The van der Waals surface area contributed by atoms with E-state index >= 15 is 0 Å². The monoisotopic (exact) mass is 375 g/mol. The van der Waals surface area contributed by atoms with Crippen molar-refractivity contribution in [3.8, 4) is 11.5 Å². The second kappa shape index (κ2) is 10.4. The lowest BCUT2D eigenvalue weighted by Gasteiger charge is -2.14. The molecule has 3 rings (SSSR count). The first-order valence-corrected chi connectivity index (χ1v) is 10.00. The van der Waals surface area contributed by atoms with Gasteiger partial charge in [0.25, 0.3) is 0 Å². The van der Waals surface area contributed by atoms with Crippen LogP contribution < -0.4 is 14.8 Å². The summed E-state index contributed by atoms with van der Waals surface area (Å²) in [5.74, 6) is 1.84. The minimum Gasteiger partial charge on any atom is -0.493 e. The van der Waals surface area contributed by atoms with Gasteiger partial charge < -0.3 is 14.8 Å². The highest BCUT2D eigenvalue weighted by Crippen LogP contribution is 2.22. The van der Waals surface area contributed by atoms with Crippen LogP contribution in [-0.2, 0) is 13.0 Å². The molecular weight excluding hydrogens is 346 g/mol. The van der Waals surface area contributed by atoms with Crippen molar-refractivity contribution in [2.75, 3.05) is 11.9 Å². The Bertz CT molecular complexity index is 831. The molecule has 3 heteroatoms. The molecule has 0 spiro atoms. The highest BCUT2D eigenvalue weighted by atomic mass is 16.5. The number of para-hydroxylation sites is 1. The number of benzene rings is 3. The van der Waals surface area contributed by atoms with Crippen molar-refractivity contribution in [2.45, 2.75) is 39.3 Å². The van der Waals surface area contributed by atoms with Gasteiger partial charge in [0.15, 0.2) is 0 Å². The number of hydrogen-bond acceptors (Lipinski definition) is 3. The molecule has 0 aliphatic rings. The molecule has 1 atom stereocenters. The van der Waals surface area contributed by atoms with Crippen LogP contribution in [0.3, 0.4) is 0 Å². The van der Waals surface area contributed by atoms with Gasteiger partial charge in [-0.05, 0) is 49.2 Å². The maximum absolute atomic E-state index is 6.04. The third-order valence-corrected chi connectivity index (χ3v) is 4.71. The fourth-order valence-corrected chi connectivity index (χ4v) is 2.88. The molecule has 0 amide bonds. The highest BCUT2D eigenvalue weighted by Gasteiger charge is 2.05. The quantitative estimate of drug-likeness (QED) is 0.464. The zero-order valence-electron chi connectivity index (χ0n) is 16.7. The lowest BCUT2D eigenvalue weighted by molar-refractivity contribution is 0.217. The second-order valence-corrected chi connectivity index (χ2v) is 6.91. The topological polar surface area (TPSA) is 30.5 Å². The normalized spacial score (nSPS) is 11.6. The second-order valence-electron chi connectivity index (χ2n) is 6.91. The summed E-state index contributed by atoms with van der Waals surface area (Å²) >= 11 is 0. The summed E-state index contributed by atoms with van der Waals surface area (Å²) in [5.41, 5.74) is 3.50. The summed E-state index contributed by atoms with van der Waals surface area (Å²) in [6.07, 6.45) is 2.14. The smallest absolute Gasteiger partial charge is 0.124 e. The summed E-state index contributed by atoms with van der Waals surface area (Å²) in [6, 6.07) is 26.7. The van der Waals surface area contributed by atoms with Gasteiger partial charge in [0.2, 0.25) is 0 Å². The minimum absolute atomic E-state index is 0.235. The Kier molecular flexibility index (Phi) is 7.36. The summed E-state index contributed by atoms with van der Waals surface area (Å²) in [7, 11) is 0. The largest absolute Gasteiger partial charge is 0.493 e. The first-order valence-electron chi connectivity index (χ1n) is 10.00. The van der Waals surface area contributed by atoms with Crippen LogP contribution in [0.15, 0.2) is 78.9 Å². The predicted octanol–water partition coefficient (Wildman–Crippen LogP) is 6.10. The Hall–Kier alpha value is -2.94. The molecule has 0 radical (unpaired) electrons. The molecule has 3 aromatic rings. The molecule has 28 heavy (non-hydrogen) atoms. The number of hydrogen-bond donors (Lipinski definition) is 1. The average molecular weight is 376 g/mol. The first-order chi connectivity index (χ1) is 13.7. The van der Waals surface area contributed by atoms with Crippen LogP contribution in [0.4, 0.5) is 5.69 Å². The van der Waals surface area contributed by atoms with Crippen molar-refractivity contribution >= 4 is 5.69 Å². The van der Waals surface area contributed by atoms with E-state index in [0.717, 1.165) is 35.6 Å². The molecule has 1 N–H and O–H groups in total. The van der Waals surface area contributed by atoms with E-state index in [1.165, 1.54) is 5.56 Å². The Morgan fingerprint density at radius 1 is 0.857 bits per heavy atom. The first kappa shape index (κ1) is 19.8. The molecule has 0 aliphatic carbocycles. The summed E-state index contributed by atoms with van der Waals surface area (Å²) in [6.45, 7) is 5.59. The Balaban J connectivity index is 1.53. The number of nitrogens with one attached hydrogen (secondary N) is 1. The van der Waals surface area contributed by atoms with E-state index in [9.17, 15) is 0 Å². The molecule has 1 unspecified atom stereocenters. The molecule has 0 saturated heterocycles. The SMILES string of the molecule is CCC(C)Oc1ccc(NCc2ccccc2OCCc2ccccc2)cc1. The van der Waals surface area contributed by atoms with Crippen molar-refractivity contribution in [2.24, 2.45) is 0 Å². The number of anilines is 1. The van der Waals surface area contributed by atoms with Gasteiger partial charge in [-0.3, -0.25) is 0 Å². The van der Waals surface area contributed by atoms with Crippen molar-refractivity contribution in [3.63, 3.8) is 0 Å². The van der Waals surface area contributed by atoms with E-state index in [1.54, 1.807) is 0 Å². The van der Waals surface area contributed by atoms with E-state index in [0.29, 0.717) is 13.2 Å². The molecule has 0 heterocycles. The molecule has 3 aromatic carbocycles. The van der Waals surface area contributed by atoms with Gasteiger partial charge >= 0.3 is 0 Å². The molecule has 0 fully saturated rings. The van der Waals surface area contributed by atoms with Gasteiger partial charge in [0.05, 0.1) is 12.7 Å². The third kappa shape index (κ3) is 6.05.